The standard InChI is InChI=1S/C12H25N.C2H6/c1-4-7-9-12(8-5-2)10-13(6-3)11-12;1-2/h4-11H2,1-3H3;1-2H3. The molecule has 0 atom stereocenters. The number of hydrogen-bond acceptors (Lipinski definition) is 1. The van der Waals surface area contributed by atoms with Crippen LogP contribution in [-0.2, 0) is 0 Å². The van der Waals surface area contributed by atoms with Crippen LogP contribution in [0.5, 0.6) is 0 Å². The van der Waals surface area contributed by atoms with Crippen LogP contribution < -0.4 is 0 Å². The molecular weight excluding hydrogens is 182 g/mol. The molecular formula is C14H31N. The molecule has 92 valence electrons. The van der Waals surface area contributed by atoms with Gasteiger partial charge in [-0.2, -0.15) is 0 Å². The first kappa shape index (κ1) is 15.0. The van der Waals surface area contributed by atoms with Crippen LogP contribution >= 0.6 is 0 Å². The van der Waals surface area contributed by atoms with Gasteiger partial charge in [0.25, 0.3) is 0 Å². The van der Waals surface area contributed by atoms with E-state index in [1.165, 1.54) is 51.7 Å². The molecule has 0 unspecified atom stereocenters. The molecule has 1 saturated heterocycles. The number of unbranched alkanes of at least 4 members (excludes halogenated alkanes) is 1. The molecule has 0 aromatic heterocycles. The van der Waals surface area contributed by atoms with Gasteiger partial charge in [-0.3, -0.25) is 0 Å². The van der Waals surface area contributed by atoms with E-state index in [0.29, 0.717) is 0 Å². The Bertz CT molecular complexity index is 131. The van der Waals surface area contributed by atoms with E-state index in [9.17, 15) is 0 Å². The minimum absolute atomic E-state index is 0.723. The highest BCUT2D eigenvalue weighted by molar-refractivity contribution is 4.93. The third-order valence-corrected chi connectivity index (χ3v) is 3.41. The highest BCUT2D eigenvalue weighted by atomic mass is 15.2. The van der Waals surface area contributed by atoms with Crippen molar-refractivity contribution < 1.29 is 0 Å². The van der Waals surface area contributed by atoms with Crippen LogP contribution in [0, 0.1) is 5.41 Å². The number of hydrogen-bond donors (Lipinski definition) is 0. The minimum atomic E-state index is 0.723. The maximum absolute atomic E-state index is 2.57. The molecule has 0 aromatic rings. The molecule has 1 aliphatic heterocycles. The Kier molecular flexibility index (Phi) is 8.13. The third kappa shape index (κ3) is 4.55. The van der Waals surface area contributed by atoms with Crippen LogP contribution in [0.15, 0.2) is 0 Å². The van der Waals surface area contributed by atoms with Crippen LogP contribution in [0.3, 0.4) is 0 Å². The van der Waals surface area contributed by atoms with Gasteiger partial charge in [-0.1, -0.05) is 53.9 Å². The smallest absolute Gasteiger partial charge is 0.00504 e. The lowest BCUT2D eigenvalue weighted by Gasteiger charge is -2.50. The Morgan fingerprint density at radius 1 is 0.933 bits per heavy atom. The molecule has 0 spiro atoms. The Hall–Kier alpha value is -0.0400. The molecule has 1 nitrogen and oxygen atoms in total. The molecule has 0 radical (unpaired) electrons. The first-order valence-electron chi connectivity index (χ1n) is 6.98. The molecule has 0 amide bonds. The molecule has 1 aliphatic rings. The van der Waals surface area contributed by atoms with E-state index in [4.69, 9.17) is 0 Å². The monoisotopic (exact) mass is 213 g/mol. The van der Waals surface area contributed by atoms with Crippen molar-refractivity contribution in [2.45, 2.75) is 66.7 Å². The second-order valence-corrected chi connectivity index (χ2v) is 4.66. The van der Waals surface area contributed by atoms with Gasteiger partial charge in [0.15, 0.2) is 0 Å². The van der Waals surface area contributed by atoms with Gasteiger partial charge in [0.1, 0.15) is 0 Å². The number of rotatable bonds is 6. The fourth-order valence-corrected chi connectivity index (χ4v) is 2.65. The molecule has 1 fully saturated rings. The summed E-state index contributed by atoms with van der Waals surface area (Å²) in [6, 6.07) is 0. The summed E-state index contributed by atoms with van der Waals surface area (Å²) in [5, 5.41) is 0. The van der Waals surface area contributed by atoms with Gasteiger partial charge >= 0.3 is 0 Å². The Morgan fingerprint density at radius 2 is 1.53 bits per heavy atom. The summed E-state index contributed by atoms with van der Waals surface area (Å²) in [4.78, 5) is 2.57. The summed E-state index contributed by atoms with van der Waals surface area (Å²) < 4.78 is 0. The van der Waals surface area contributed by atoms with E-state index in [0.717, 1.165) is 5.41 Å². The van der Waals surface area contributed by atoms with Crippen molar-refractivity contribution in [1.82, 2.24) is 4.90 Å². The van der Waals surface area contributed by atoms with Crippen LogP contribution in [0.2, 0.25) is 0 Å². The molecule has 0 aromatic carbocycles. The molecule has 1 rings (SSSR count). The minimum Gasteiger partial charge on any atom is -0.302 e. The second kappa shape index (κ2) is 8.15. The summed E-state index contributed by atoms with van der Waals surface area (Å²) in [5.74, 6) is 0. The zero-order chi connectivity index (χ0) is 11.7. The van der Waals surface area contributed by atoms with Crippen LogP contribution in [0.25, 0.3) is 0 Å². The highest BCUT2D eigenvalue weighted by Gasteiger charge is 2.40. The van der Waals surface area contributed by atoms with Crippen molar-refractivity contribution in [1.29, 1.82) is 0 Å². The number of nitrogens with zero attached hydrogens (tertiary/aromatic N) is 1. The summed E-state index contributed by atoms with van der Waals surface area (Å²) in [6.07, 6.45) is 7.06. The van der Waals surface area contributed by atoms with Crippen molar-refractivity contribution in [2.75, 3.05) is 19.6 Å². The van der Waals surface area contributed by atoms with E-state index in [2.05, 4.69) is 25.7 Å². The zero-order valence-corrected chi connectivity index (χ0v) is 11.6. The average molecular weight is 213 g/mol. The van der Waals surface area contributed by atoms with Gasteiger partial charge in [-0.25, -0.2) is 0 Å². The van der Waals surface area contributed by atoms with Gasteiger partial charge in [0.05, 0.1) is 0 Å². The normalized spacial score (nSPS) is 19.0. The molecule has 1 heteroatoms. The molecule has 0 saturated carbocycles. The molecule has 1 heterocycles. The second-order valence-electron chi connectivity index (χ2n) is 4.66. The quantitative estimate of drug-likeness (QED) is 0.635. The summed E-state index contributed by atoms with van der Waals surface area (Å²) in [5.41, 5.74) is 0.723. The van der Waals surface area contributed by atoms with Crippen molar-refractivity contribution >= 4 is 0 Å². The van der Waals surface area contributed by atoms with E-state index in [1.807, 2.05) is 13.8 Å². The van der Waals surface area contributed by atoms with E-state index in [-0.39, 0.29) is 0 Å². The van der Waals surface area contributed by atoms with Crippen molar-refractivity contribution in [3.05, 3.63) is 0 Å². The average Bonchev–Trinajstić information content (AvgIpc) is 2.24. The lowest BCUT2D eigenvalue weighted by atomic mass is 9.72. The molecule has 0 N–H and O–H groups in total. The van der Waals surface area contributed by atoms with Gasteiger partial charge < -0.3 is 4.90 Å². The van der Waals surface area contributed by atoms with E-state index < -0.39 is 0 Å². The van der Waals surface area contributed by atoms with Crippen molar-refractivity contribution in [2.24, 2.45) is 5.41 Å². The Labute approximate surface area is 97.2 Å². The van der Waals surface area contributed by atoms with Crippen LogP contribution in [-0.4, -0.2) is 24.5 Å². The SMILES string of the molecule is CC.CCCCC1(CCC)CN(CC)C1. The fraction of sp³-hybridized carbons (Fsp3) is 1.00. The lowest BCUT2D eigenvalue weighted by Crippen LogP contribution is -2.55. The highest BCUT2D eigenvalue weighted by Crippen LogP contribution is 2.39. The van der Waals surface area contributed by atoms with Gasteiger partial charge in [-0.15, -0.1) is 0 Å². The summed E-state index contributed by atoms with van der Waals surface area (Å²) in [7, 11) is 0. The molecule has 0 aliphatic carbocycles. The van der Waals surface area contributed by atoms with Gasteiger partial charge in [-0.05, 0) is 24.8 Å². The molecule has 15 heavy (non-hydrogen) atoms. The van der Waals surface area contributed by atoms with E-state index in [1.54, 1.807) is 0 Å². The predicted octanol–water partition coefficient (Wildman–Crippen LogP) is 4.32. The number of likely N-dealkylation sites (tertiary alicyclic amines) is 1. The third-order valence-electron chi connectivity index (χ3n) is 3.41. The predicted molar refractivity (Wildman–Crippen MR) is 70.3 cm³/mol. The largest absolute Gasteiger partial charge is 0.302 e. The maximum atomic E-state index is 2.57. The Balaban J connectivity index is 0.000000921. The first-order chi connectivity index (χ1) is 7.26. The van der Waals surface area contributed by atoms with Crippen molar-refractivity contribution in [3.63, 3.8) is 0 Å². The lowest BCUT2D eigenvalue weighted by molar-refractivity contribution is -0.0114. The fourth-order valence-electron chi connectivity index (χ4n) is 2.65. The topological polar surface area (TPSA) is 3.24 Å². The van der Waals surface area contributed by atoms with Gasteiger partial charge in [0.2, 0.25) is 0 Å². The first-order valence-corrected chi connectivity index (χ1v) is 6.98. The Morgan fingerprint density at radius 3 is 1.93 bits per heavy atom. The van der Waals surface area contributed by atoms with Crippen LogP contribution in [0.4, 0.5) is 0 Å². The van der Waals surface area contributed by atoms with E-state index >= 15 is 0 Å². The molecule has 0 bridgehead atoms. The van der Waals surface area contributed by atoms with Gasteiger partial charge in [0, 0.05) is 13.1 Å². The maximum Gasteiger partial charge on any atom is 0.00504 e. The summed E-state index contributed by atoms with van der Waals surface area (Å²) in [6.45, 7) is 14.9. The van der Waals surface area contributed by atoms with Crippen molar-refractivity contribution in [3.8, 4) is 0 Å². The summed E-state index contributed by atoms with van der Waals surface area (Å²) >= 11 is 0. The zero-order valence-electron chi connectivity index (χ0n) is 11.6. The van der Waals surface area contributed by atoms with Crippen LogP contribution in [0.1, 0.15) is 66.7 Å².